The average molecular weight is 206 g/mol. The minimum atomic E-state index is -3.55. The molecule has 13 heavy (non-hydrogen) atoms. The van der Waals surface area contributed by atoms with Gasteiger partial charge in [-0.05, 0) is 0 Å². The Balaban J connectivity index is 3.78. The molecular formula is C6H10N2O4S. The van der Waals surface area contributed by atoms with Crippen LogP contribution in [0.25, 0.3) is 0 Å². The first-order chi connectivity index (χ1) is 6.02. The molecule has 1 N–H and O–H groups in total. The van der Waals surface area contributed by atoms with E-state index in [0.717, 1.165) is 0 Å². The highest BCUT2D eigenvalue weighted by atomic mass is 32.2. The van der Waals surface area contributed by atoms with Crippen molar-refractivity contribution < 1.29 is 17.9 Å². The Morgan fingerprint density at radius 3 is 2.69 bits per heavy atom. The monoisotopic (exact) mass is 206 g/mol. The fraction of sp³-hybridized carbons (Fsp3) is 0.667. The zero-order chi connectivity index (χ0) is 10.3. The number of nitriles is 1. The highest BCUT2D eigenvalue weighted by Crippen LogP contribution is 1.86. The molecule has 0 amide bonds. The van der Waals surface area contributed by atoms with E-state index in [1.54, 1.807) is 0 Å². The molecule has 0 fully saturated rings. The van der Waals surface area contributed by atoms with Gasteiger partial charge < -0.3 is 4.74 Å². The number of ether oxygens (including phenoxy) is 1. The van der Waals surface area contributed by atoms with Gasteiger partial charge in [0, 0.05) is 6.54 Å². The molecule has 0 aliphatic carbocycles. The van der Waals surface area contributed by atoms with Crippen molar-refractivity contribution in [1.82, 2.24) is 4.72 Å². The van der Waals surface area contributed by atoms with Gasteiger partial charge in [-0.25, -0.2) is 13.1 Å². The summed E-state index contributed by atoms with van der Waals surface area (Å²) in [6.07, 6.45) is -0.0405. The molecule has 0 aliphatic heterocycles. The van der Waals surface area contributed by atoms with E-state index < -0.39 is 21.7 Å². The number of hydrogen-bond donors (Lipinski definition) is 1. The molecule has 0 aromatic carbocycles. The summed E-state index contributed by atoms with van der Waals surface area (Å²) in [5, 5.41) is 8.10. The molecule has 0 aromatic rings. The number of esters is 1. The lowest BCUT2D eigenvalue weighted by Crippen LogP contribution is -2.28. The topological polar surface area (TPSA) is 96.3 Å². The van der Waals surface area contributed by atoms with Crippen molar-refractivity contribution in [3.8, 4) is 6.07 Å². The van der Waals surface area contributed by atoms with Crippen LogP contribution in [0.2, 0.25) is 0 Å². The van der Waals surface area contributed by atoms with Crippen molar-refractivity contribution in [2.45, 2.75) is 6.42 Å². The fourth-order valence-corrected chi connectivity index (χ4v) is 1.23. The van der Waals surface area contributed by atoms with E-state index in [1.807, 2.05) is 0 Å². The Bertz CT molecular complexity index is 303. The van der Waals surface area contributed by atoms with Gasteiger partial charge in [-0.15, -0.1) is 0 Å². The second kappa shape index (κ2) is 5.50. The largest absolute Gasteiger partial charge is 0.469 e. The Labute approximate surface area is 76.5 Å². The van der Waals surface area contributed by atoms with E-state index in [9.17, 15) is 13.2 Å². The molecular weight excluding hydrogens is 196 g/mol. The van der Waals surface area contributed by atoms with Crippen LogP contribution in [0.15, 0.2) is 0 Å². The van der Waals surface area contributed by atoms with Crippen LogP contribution in [0.3, 0.4) is 0 Å². The van der Waals surface area contributed by atoms with Gasteiger partial charge in [-0.2, -0.15) is 5.26 Å². The molecule has 0 spiro atoms. The number of rotatable bonds is 5. The van der Waals surface area contributed by atoms with E-state index in [-0.39, 0.29) is 13.0 Å². The van der Waals surface area contributed by atoms with E-state index in [1.165, 1.54) is 13.2 Å². The third-order valence-electron chi connectivity index (χ3n) is 1.13. The van der Waals surface area contributed by atoms with Crippen LogP contribution in [-0.2, 0) is 19.6 Å². The van der Waals surface area contributed by atoms with Gasteiger partial charge in [0.05, 0.1) is 19.6 Å². The minimum Gasteiger partial charge on any atom is -0.469 e. The summed E-state index contributed by atoms with van der Waals surface area (Å²) in [6.45, 7) is -0.0450. The third kappa shape index (κ3) is 6.07. The van der Waals surface area contributed by atoms with Gasteiger partial charge in [-0.3, -0.25) is 4.79 Å². The maximum atomic E-state index is 10.8. The second-order valence-corrected chi connectivity index (χ2v) is 3.94. The van der Waals surface area contributed by atoms with Crippen molar-refractivity contribution in [1.29, 1.82) is 5.26 Å². The summed E-state index contributed by atoms with van der Waals surface area (Å²) >= 11 is 0. The van der Waals surface area contributed by atoms with Gasteiger partial charge in [0.1, 0.15) is 0 Å². The number of sulfonamides is 1. The predicted molar refractivity (Wildman–Crippen MR) is 44.0 cm³/mol. The van der Waals surface area contributed by atoms with Gasteiger partial charge in [0.2, 0.25) is 10.0 Å². The van der Waals surface area contributed by atoms with Gasteiger partial charge in [0.25, 0.3) is 0 Å². The standard InChI is InChI=1S/C6H10N2O4S/c1-12-6(9)2-4-8-13(10,11)5-3-7/h8H,2,4-5H2,1H3. The van der Waals surface area contributed by atoms with Crippen LogP contribution >= 0.6 is 0 Å². The zero-order valence-corrected chi connectivity index (χ0v) is 7.93. The second-order valence-electron chi connectivity index (χ2n) is 2.14. The van der Waals surface area contributed by atoms with Crippen molar-refractivity contribution in [2.75, 3.05) is 19.4 Å². The lowest BCUT2D eigenvalue weighted by Gasteiger charge is -2.01. The number of nitrogens with zero attached hydrogens (tertiary/aromatic N) is 1. The Morgan fingerprint density at radius 1 is 1.62 bits per heavy atom. The van der Waals surface area contributed by atoms with Crippen LogP contribution in [0.5, 0.6) is 0 Å². The Kier molecular flexibility index (Phi) is 5.03. The van der Waals surface area contributed by atoms with Crippen molar-refractivity contribution in [3.63, 3.8) is 0 Å². The number of carbonyl (C=O) groups excluding carboxylic acids is 1. The lowest BCUT2D eigenvalue weighted by molar-refractivity contribution is -0.140. The van der Waals surface area contributed by atoms with Gasteiger partial charge in [0.15, 0.2) is 5.75 Å². The Hall–Kier alpha value is -1.13. The summed E-state index contributed by atoms with van der Waals surface area (Å²) < 4.78 is 28.0. The van der Waals surface area contributed by atoms with E-state index in [2.05, 4.69) is 9.46 Å². The molecule has 0 bridgehead atoms. The third-order valence-corrected chi connectivity index (χ3v) is 2.29. The number of hydrogen-bond acceptors (Lipinski definition) is 5. The zero-order valence-electron chi connectivity index (χ0n) is 7.11. The summed E-state index contributed by atoms with van der Waals surface area (Å²) in [6, 6.07) is 1.49. The molecule has 0 aromatic heterocycles. The van der Waals surface area contributed by atoms with E-state index in [4.69, 9.17) is 5.26 Å². The number of nitrogens with one attached hydrogen (secondary N) is 1. The highest BCUT2D eigenvalue weighted by Gasteiger charge is 2.09. The van der Waals surface area contributed by atoms with Gasteiger partial charge in [-0.1, -0.05) is 0 Å². The van der Waals surface area contributed by atoms with Crippen molar-refractivity contribution in [2.24, 2.45) is 0 Å². The number of methoxy groups -OCH3 is 1. The summed E-state index contributed by atoms with van der Waals surface area (Å²) in [4.78, 5) is 10.5. The van der Waals surface area contributed by atoms with Crippen LogP contribution < -0.4 is 4.72 Å². The number of carbonyl (C=O) groups is 1. The molecule has 0 heterocycles. The molecule has 74 valence electrons. The maximum Gasteiger partial charge on any atom is 0.306 e. The molecule has 0 unspecified atom stereocenters. The summed E-state index contributed by atoms with van der Waals surface area (Å²) in [5.41, 5.74) is 0. The molecule has 0 atom stereocenters. The van der Waals surface area contributed by atoms with Crippen molar-refractivity contribution in [3.05, 3.63) is 0 Å². The quantitative estimate of drug-likeness (QED) is 0.581. The summed E-state index contributed by atoms with van der Waals surface area (Å²) in [7, 11) is -2.34. The van der Waals surface area contributed by atoms with Crippen molar-refractivity contribution >= 4 is 16.0 Å². The molecule has 0 saturated heterocycles. The van der Waals surface area contributed by atoms with Crippen LogP contribution in [-0.4, -0.2) is 33.8 Å². The average Bonchev–Trinajstić information content (AvgIpc) is 2.03. The van der Waals surface area contributed by atoms with Crippen LogP contribution in [0, 0.1) is 11.3 Å². The van der Waals surface area contributed by atoms with E-state index in [0.29, 0.717) is 0 Å². The minimum absolute atomic E-state index is 0.0405. The van der Waals surface area contributed by atoms with Crippen LogP contribution in [0.4, 0.5) is 0 Å². The molecule has 0 rings (SSSR count). The SMILES string of the molecule is COC(=O)CCNS(=O)(=O)CC#N. The normalized spacial score (nSPS) is 10.5. The van der Waals surface area contributed by atoms with Crippen LogP contribution in [0.1, 0.15) is 6.42 Å². The molecule has 0 saturated carbocycles. The maximum absolute atomic E-state index is 10.8. The molecule has 6 nitrogen and oxygen atoms in total. The molecule has 7 heteroatoms. The first kappa shape index (κ1) is 11.9. The lowest BCUT2D eigenvalue weighted by atomic mass is 10.4. The van der Waals surface area contributed by atoms with Gasteiger partial charge >= 0.3 is 5.97 Å². The predicted octanol–water partition coefficient (Wildman–Crippen LogP) is -1.01. The van der Waals surface area contributed by atoms with E-state index >= 15 is 0 Å². The highest BCUT2D eigenvalue weighted by molar-refractivity contribution is 7.89. The molecule has 0 aliphatic rings. The fourth-order valence-electron chi connectivity index (χ4n) is 0.547. The first-order valence-corrected chi connectivity index (χ1v) is 5.08. The first-order valence-electron chi connectivity index (χ1n) is 3.43. The Morgan fingerprint density at radius 2 is 2.23 bits per heavy atom. The molecule has 0 radical (unpaired) electrons. The summed E-state index contributed by atoms with van der Waals surface area (Å²) in [5.74, 6) is -1.10. The smallest absolute Gasteiger partial charge is 0.306 e.